The van der Waals surface area contributed by atoms with E-state index >= 15 is 0 Å². The summed E-state index contributed by atoms with van der Waals surface area (Å²) < 4.78 is 18.4. The van der Waals surface area contributed by atoms with Crippen LogP contribution in [0.1, 0.15) is 18.1 Å². The third-order valence-corrected chi connectivity index (χ3v) is 2.37. The Bertz CT molecular complexity index is 341. The van der Waals surface area contributed by atoms with Crippen molar-refractivity contribution >= 4 is 11.6 Å². The van der Waals surface area contributed by atoms with Gasteiger partial charge in [0.2, 0.25) is 0 Å². The molecule has 4 heteroatoms. The number of aliphatic hydroxyl groups excluding tert-OH is 1. The van der Waals surface area contributed by atoms with Gasteiger partial charge in [0, 0.05) is 12.0 Å². The van der Waals surface area contributed by atoms with E-state index in [0.717, 1.165) is 0 Å². The Hall–Kier alpha value is -0.800. The molecular formula is C9H8ClFO2. The summed E-state index contributed by atoms with van der Waals surface area (Å²) in [4.78, 5) is 0. The van der Waals surface area contributed by atoms with Crippen molar-refractivity contribution in [3.05, 3.63) is 28.5 Å². The summed E-state index contributed by atoms with van der Waals surface area (Å²) in [5.41, 5.74) is 0.480. The summed E-state index contributed by atoms with van der Waals surface area (Å²) in [6, 6.07) is 3.01. The molecule has 2 nitrogen and oxygen atoms in total. The second-order valence-corrected chi connectivity index (χ2v) is 3.34. The van der Waals surface area contributed by atoms with Crippen LogP contribution in [0.3, 0.4) is 0 Å². The van der Waals surface area contributed by atoms with E-state index in [4.69, 9.17) is 16.3 Å². The van der Waals surface area contributed by atoms with Crippen molar-refractivity contribution in [2.24, 2.45) is 0 Å². The molecule has 0 spiro atoms. The number of benzene rings is 1. The molecule has 1 aliphatic rings. The van der Waals surface area contributed by atoms with Crippen molar-refractivity contribution in [3.8, 4) is 5.75 Å². The fraction of sp³-hybridized carbons (Fsp3) is 0.333. The van der Waals surface area contributed by atoms with Crippen LogP contribution >= 0.6 is 11.6 Å². The van der Waals surface area contributed by atoms with E-state index < -0.39 is 11.9 Å². The maximum Gasteiger partial charge on any atom is 0.183 e. The van der Waals surface area contributed by atoms with Crippen LogP contribution in [0.4, 0.5) is 4.39 Å². The van der Waals surface area contributed by atoms with Gasteiger partial charge in [-0.2, -0.15) is 0 Å². The Balaban J connectivity index is 2.56. The lowest BCUT2D eigenvalue weighted by molar-refractivity contribution is 0.112. The molecule has 0 saturated carbocycles. The summed E-state index contributed by atoms with van der Waals surface area (Å²) in [5.74, 6) is -0.496. The first-order valence-corrected chi connectivity index (χ1v) is 4.36. The zero-order chi connectivity index (χ0) is 9.42. The van der Waals surface area contributed by atoms with Crippen LogP contribution in [0, 0.1) is 5.82 Å². The molecule has 0 saturated heterocycles. The first-order valence-electron chi connectivity index (χ1n) is 3.99. The minimum absolute atomic E-state index is 0.0212. The Labute approximate surface area is 79.9 Å². The highest BCUT2D eigenvalue weighted by Gasteiger charge is 2.23. The van der Waals surface area contributed by atoms with Gasteiger partial charge < -0.3 is 9.84 Å². The highest BCUT2D eigenvalue weighted by atomic mass is 35.5. The van der Waals surface area contributed by atoms with E-state index in [1.54, 1.807) is 6.07 Å². The topological polar surface area (TPSA) is 29.5 Å². The highest BCUT2D eigenvalue weighted by molar-refractivity contribution is 6.30. The third-order valence-electron chi connectivity index (χ3n) is 2.08. The smallest absolute Gasteiger partial charge is 0.183 e. The fourth-order valence-electron chi connectivity index (χ4n) is 1.38. The van der Waals surface area contributed by atoms with Crippen LogP contribution in [0.15, 0.2) is 12.1 Å². The van der Waals surface area contributed by atoms with Crippen LogP contribution in [-0.2, 0) is 0 Å². The van der Waals surface area contributed by atoms with Gasteiger partial charge in [0.25, 0.3) is 0 Å². The zero-order valence-corrected chi connectivity index (χ0v) is 7.51. The molecule has 1 N–H and O–H groups in total. The predicted octanol–water partition coefficient (Wildman–Crippen LogP) is 2.30. The molecule has 0 aromatic heterocycles. The van der Waals surface area contributed by atoms with Gasteiger partial charge in [-0.3, -0.25) is 0 Å². The monoisotopic (exact) mass is 202 g/mol. The van der Waals surface area contributed by atoms with Crippen LogP contribution in [-0.4, -0.2) is 11.7 Å². The second kappa shape index (κ2) is 3.16. The van der Waals surface area contributed by atoms with E-state index in [2.05, 4.69) is 0 Å². The Morgan fingerprint density at radius 2 is 2.31 bits per heavy atom. The number of halogens is 2. The minimum Gasteiger partial charge on any atom is -0.490 e. The molecule has 0 amide bonds. The molecule has 1 aromatic carbocycles. The molecule has 0 aliphatic carbocycles. The summed E-state index contributed by atoms with van der Waals surface area (Å²) >= 11 is 5.56. The summed E-state index contributed by atoms with van der Waals surface area (Å²) in [7, 11) is 0. The van der Waals surface area contributed by atoms with Crippen molar-refractivity contribution < 1.29 is 14.2 Å². The summed E-state index contributed by atoms with van der Waals surface area (Å²) in [6.45, 7) is 0.325. The number of hydrogen-bond donors (Lipinski definition) is 1. The first-order chi connectivity index (χ1) is 6.20. The average Bonchev–Trinajstić information content (AvgIpc) is 2.12. The molecule has 1 atom stereocenters. The number of ether oxygens (including phenoxy) is 1. The van der Waals surface area contributed by atoms with Crippen LogP contribution in [0.2, 0.25) is 5.02 Å². The second-order valence-electron chi connectivity index (χ2n) is 2.93. The van der Waals surface area contributed by atoms with Crippen molar-refractivity contribution in [2.45, 2.75) is 12.5 Å². The van der Waals surface area contributed by atoms with Gasteiger partial charge in [0.15, 0.2) is 11.6 Å². The van der Waals surface area contributed by atoms with Gasteiger partial charge in [0.1, 0.15) is 0 Å². The lowest BCUT2D eigenvalue weighted by Crippen LogP contribution is -2.14. The van der Waals surface area contributed by atoms with Gasteiger partial charge in [-0.15, -0.1) is 0 Å². The maximum absolute atomic E-state index is 13.3. The minimum atomic E-state index is -0.643. The van der Waals surface area contributed by atoms with E-state index in [9.17, 15) is 9.50 Å². The molecule has 0 fully saturated rings. The van der Waals surface area contributed by atoms with E-state index in [1.807, 2.05) is 0 Å². The predicted molar refractivity (Wildman–Crippen MR) is 46.5 cm³/mol. The number of hydrogen-bond acceptors (Lipinski definition) is 2. The largest absolute Gasteiger partial charge is 0.490 e. The molecule has 13 heavy (non-hydrogen) atoms. The zero-order valence-electron chi connectivity index (χ0n) is 6.76. The number of rotatable bonds is 0. The van der Waals surface area contributed by atoms with Crippen molar-refractivity contribution in [1.82, 2.24) is 0 Å². The van der Waals surface area contributed by atoms with Gasteiger partial charge >= 0.3 is 0 Å². The normalized spacial score (nSPS) is 20.7. The highest BCUT2D eigenvalue weighted by Crippen LogP contribution is 2.36. The SMILES string of the molecule is O[C@@H]1CCOc2c1ccc(Cl)c2F. The molecule has 1 heterocycles. The van der Waals surface area contributed by atoms with Gasteiger partial charge in [-0.25, -0.2) is 4.39 Å². The average molecular weight is 203 g/mol. The van der Waals surface area contributed by atoms with Gasteiger partial charge in [-0.1, -0.05) is 17.7 Å². The Morgan fingerprint density at radius 3 is 3.08 bits per heavy atom. The Kier molecular flexibility index (Phi) is 2.14. The fourth-order valence-corrected chi connectivity index (χ4v) is 1.53. The molecule has 70 valence electrons. The van der Waals surface area contributed by atoms with E-state index in [0.29, 0.717) is 18.6 Å². The number of fused-ring (bicyclic) bond motifs is 1. The first kappa shape index (κ1) is 8.78. The van der Waals surface area contributed by atoms with E-state index in [-0.39, 0.29) is 10.8 Å². The van der Waals surface area contributed by atoms with Gasteiger partial charge in [-0.05, 0) is 6.07 Å². The van der Waals surface area contributed by atoms with Crippen molar-refractivity contribution in [3.63, 3.8) is 0 Å². The number of aliphatic hydroxyl groups is 1. The van der Waals surface area contributed by atoms with Gasteiger partial charge in [0.05, 0.1) is 17.7 Å². The molecule has 0 radical (unpaired) electrons. The molecule has 2 rings (SSSR count). The van der Waals surface area contributed by atoms with Crippen LogP contribution in [0.5, 0.6) is 5.75 Å². The van der Waals surface area contributed by atoms with Crippen molar-refractivity contribution in [2.75, 3.05) is 6.61 Å². The molecular weight excluding hydrogens is 195 g/mol. The lowest BCUT2D eigenvalue weighted by atomic mass is 10.0. The van der Waals surface area contributed by atoms with Crippen LogP contribution in [0.25, 0.3) is 0 Å². The quantitative estimate of drug-likeness (QED) is 0.700. The summed E-state index contributed by atoms with van der Waals surface area (Å²) in [6.07, 6.45) is -0.149. The molecule has 1 aromatic rings. The maximum atomic E-state index is 13.3. The third kappa shape index (κ3) is 1.38. The Morgan fingerprint density at radius 1 is 1.54 bits per heavy atom. The molecule has 1 aliphatic heterocycles. The van der Waals surface area contributed by atoms with Crippen LogP contribution < -0.4 is 4.74 Å². The lowest BCUT2D eigenvalue weighted by Gasteiger charge is -2.22. The van der Waals surface area contributed by atoms with Crippen molar-refractivity contribution in [1.29, 1.82) is 0 Å². The molecule has 0 unspecified atom stereocenters. The van der Waals surface area contributed by atoms with E-state index in [1.165, 1.54) is 6.07 Å². The summed E-state index contributed by atoms with van der Waals surface area (Å²) in [5, 5.41) is 9.51. The molecule has 0 bridgehead atoms. The standard InChI is InChI=1S/C9H8ClFO2/c10-6-2-1-5-7(12)3-4-13-9(5)8(6)11/h1-2,7,12H,3-4H2/t7-/m1/s1.